The maximum atomic E-state index is 4.45. The maximum Gasteiger partial charge on any atom is 0.254 e. The summed E-state index contributed by atoms with van der Waals surface area (Å²) in [4.78, 5) is 15.2. The van der Waals surface area contributed by atoms with Gasteiger partial charge < -0.3 is 4.90 Å². The molecule has 0 radical (unpaired) electrons. The molecule has 6 heteroatoms. The van der Waals surface area contributed by atoms with Crippen LogP contribution in [0.5, 0.6) is 0 Å². The van der Waals surface area contributed by atoms with Crippen molar-refractivity contribution < 1.29 is 0 Å². The summed E-state index contributed by atoms with van der Waals surface area (Å²) >= 11 is 0. The molecule has 0 N–H and O–H groups in total. The largest absolute Gasteiger partial charge is 0.359 e. The minimum atomic E-state index is 0.637. The zero-order valence-electron chi connectivity index (χ0n) is 12.5. The molecule has 6 nitrogen and oxygen atoms in total. The Morgan fingerprint density at radius 1 is 1.19 bits per heavy atom. The van der Waals surface area contributed by atoms with Crippen molar-refractivity contribution in [2.45, 2.75) is 20.3 Å². The summed E-state index contributed by atoms with van der Waals surface area (Å²) in [5.41, 5.74) is 3.19. The first kappa shape index (κ1) is 13.5. The van der Waals surface area contributed by atoms with Crippen molar-refractivity contribution in [1.82, 2.24) is 24.6 Å². The van der Waals surface area contributed by atoms with Crippen molar-refractivity contribution in [3.8, 4) is 0 Å². The molecule has 0 amide bonds. The van der Waals surface area contributed by atoms with E-state index in [1.165, 1.54) is 6.33 Å². The quantitative estimate of drug-likeness (QED) is 0.730. The van der Waals surface area contributed by atoms with E-state index in [2.05, 4.69) is 38.9 Å². The van der Waals surface area contributed by atoms with Crippen LogP contribution < -0.4 is 4.90 Å². The molecule has 0 spiro atoms. The fourth-order valence-electron chi connectivity index (χ4n) is 2.40. The summed E-state index contributed by atoms with van der Waals surface area (Å²) in [5, 5.41) is 4.28. The summed E-state index contributed by atoms with van der Waals surface area (Å²) in [6.07, 6.45) is 4.25. The van der Waals surface area contributed by atoms with Crippen LogP contribution in [0.25, 0.3) is 5.78 Å². The molecule has 21 heavy (non-hydrogen) atoms. The molecule has 108 valence electrons. The average Bonchev–Trinajstić information content (AvgIpc) is 2.94. The van der Waals surface area contributed by atoms with Gasteiger partial charge >= 0.3 is 0 Å². The van der Waals surface area contributed by atoms with Crippen molar-refractivity contribution in [2.75, 3.05) is 18.5 Å². The highest BCUT2D eigenvalue weighted by Crippen LogP contribution is 2.21. The Morgan fingerprint density at radius 3 is 2.81 bits per heavy atom. The van der Waals surface area contributed by atoms with Crippen LogP contribution in [-0.2, 0) is 6.42 Å². The minimum Gasteiger partial charge on any atom is -0.359 e. The third kappa shape index (κ3) is 2.56. The fourth-order valence-corrected chi connectivity index (χ4v) is 2.40. The van der Waals surface area contributed by atoms with Gasteiger partial charge in [0, 0.05) is 43.2 Å². The Balaban J connectivity index is 1.89. The monoisotopic (exact) mass is 282 g/mol. The number of hydrogen-bond donors (Lipinski definition) is 0. The number of hydrogen-bond acceptors (Lipinski definition) is 5. The predicted molar refractivity (Wildman–Crippen MR) is 81.5 cm³/mol. The van der Waals surface area contributed by atoms with Crippen LogP contribution in [0.3, 0.4) is 0 Å². The minimum absolute atomic E-state index is 0.637. The highest BCUT2D eigenvalue weighted by Gasteiger charge is 2.14. The molecule has 3 heterocycles. The van der Waals surface area contributed by atoms with Crippen LogP contribution in [0.15, 0.2) is 30.7 Å². The molecule has 0 aliphatic rings. The van der Waals surface area contributed by atoms with Gasteiger partial charge in [-0.05, 0) is 26.0 Å². The zero-order chi connectivity index (χ0) is 14.8. The molecule has 0 unspecified atom stereocenters. The van der Waals surface area contributed by atoms with E-state index in [4.69, 9.17) is 0 Å². The van der Waals surface area contributed by atoms with Gasteiger partial charge in [0.05, 0.1) is 0 Å². The smallest absolute Gasteiger partial charge is 0.254 e. The highest BCUT2D eigenvalue weighted by atomic mass is 15.4. The van der Waals surface area contributed by atoms with E-state index in [0.29, 0.717) is 5.78 Å². The van der Waals surface area contributed by atoms with E-state index in [1.807, 2.05) is 31.3 Å². The van der Waals surface area contributed by atoms with Crippen molar-refractivity contribution in [3.63, 3.8) is 0 Å². The topological polar surface area (TPSA) is 59.2 Å². The Labute approximate surface area is 123 Å². The number of likely N-dealkylation sites (N-methyl/N-ethyl adjacent to an activating group) is 1. The molecular formula is C15H18N6. The van der Waals surface area contributed by atoms with Crippen molar-refractivity contribution in [2.24, 2.45) is 0 Å². The number of anilines is 1. The van der Waals surface area contributed by atoms with E-state index in [1.54, 1.807) is 4.52 Å². The second-order valence-corrected chi connectivity index (χ2v) is 5.11. The molecule has 3 rings (SSSR count). The van der Waals surface area contributed by atoms with Gasteiger partial charge in [0.1, 0.15) is 12.1 Å². The lowest BCUT2D eigenvalue weighted by atomic mass is 10.2. The summed E-state index contributed by atoms with van der Waals surface area (Å²) in [5.74, 6) is 1.67. The fraction of sp³-hybridized carbons (Fsp3) is 0.333. The van der Waals surface area contributed by atoms with Gasteiger partial charge in [-0.2, -0.15) is 14.6 Å². The van der Waals surface area contributed by atoms with Crippen molar-refractivity contribution in [1.29, 1.82) is 0 Å². The third-order valence-electron chi connectivity index (χ3n) is 3.67. The molecule has 0 saturated carbocycles. The average molecular weight is 282 g/mol. The summed E-state index contributed by atoms with van der Waals surface area (Å²) in [6, 6.07) is 5.99. The van der Waals surface area contributed by atoms with Gasteiger partial charge in [-0.1, -0.05) is 6.07 Å². The van der Waals surface area contributed by atoms with Gasteiger partial charge in [-0.3, -0.25) is 4.98 Å². The van der Waals surface area contributed by atoms with E-state index in [-0.39, 0.29) is 0 Å². The third-order valence-corrected chi connectivity index (χ3v) is 3.67. The van der Waals surface area contributed by atoms with Crippen LogP contribution >= 0.6 is 0 Å². The lowest BCUT2D eigenvalue weighted by Crippen LogP contribution is -2.25. The molecule has 0 aliphatic heterocycles. The molecule has 0 fully saturated rings. The van der Waals surface area contributed by atoms with Gasteiger partial charge in [0.2, 0.25) is 0 Å². The second-order valence-electron chi connectivity index (χ2n) is 5.11. The van der Waals surface area contributed by atoms with E-state index >= 15 is 0 Å². The first-order chi connectivity index (χ1) is 10.2. The number of aromatic nitrogens is 5. The summed E-state index contributed by atoms with van der Waals surface area (Å²) in [6.45, 7) is 4.92. The van der Waals surface area contributed by atoms with E-state index in [9.17, 15) is 0 Å². The van der Waals surface area contributed by atoms with Crippen LogP contribution in [-0.4, -0.2) is 38.2 Å². The SMILES string of the molecule is Cc1nc2ncnn2c(N(C)CCc2ccccn2)c1C. The van der Waals surface area contributed by atoms with Gasteiger partial charge in [0.15, 0.2) is 0 Å². The Hall–Kier alpha value is -2.50. The number of aryl methyl sites for hydroxylation is 1. The molecule has 3 aromatic rings. The first-order valence-corrected chi connectivity index (χ1v) is 6.95. The lowest BCUT2D eigenvalue weighted by Gasteiger charge is -2.22. The number of rotatable bonds is 4. The molecule has 3 aromatic heterocycles. The lowest BCUT2D eigenvalue weighted by molar-refractivity contribution is 0.793. The Bertz CT molecular complexity index is 749. The number of nitrogens with zero attached hydrogens (tertiary/aromatic N) is 6. The van der Waals surface area contributed by atoms with Crippen molar-refractivity contribution in [3.05, 3.63) is 47.7 Å². The molecule has 0 aliphatic carbocycles. The summed E-state index contributed by atoms with van der Waals surface area (Å²) in [7, 11) is 2.06. The molecule has 0 aromatic carbocycles. The van der Waals surface area contributed by atoms with E-state index < -0.39 is 0 Å². The normalized spacial score (nSPS) is 11.0. The Kier molecular flexibility index (Phi) is 3.51. The first-order valence-electron chi connectivity index (χ1n) is 6.95. The van der Waals surface area contributed by atoms with Gasteiger partial charge in [0.25, 0.3) is 5.78 Å². The van der Waals surface area contributed by atoms with Crippen LogP contribution in [0.2, 0.25) is 0 Å². The summed E-state index contributed by atoms with van der Waals surface area (Å²) < 4.78 is 1.79. The van der Waals surface area contributed by atoms with Gasteiger partial charge in [-0.25, -0.2) is 4.98 Å². The zero-order valence-corrected chi connectivity index (χ0v) is 12.5. The molecule has 0 atom stereocenters. The molecule has 0 saturated heterocycles. The van der Waals surface area contributed by atoms with Crippen LogP contribution in [0.4, 0.5) is 5.82 Å². The predicted octanol–water partition coefficient (Wildman–Crippen LogP) is 1.82. The van der Waals surface area contributed by atoms with Crippen LogP contribution in [0, 0.1) is 13.8 Å². The highest BCUT2D eigenvalue weighted by molar-refractivity contribution is 5.53. The van der Waals surface area contributed by atoms with Crippen LogP contribution in [0.1, 0.15) is 17.0 Å². The van der Waals surface area contributed by atoms with Crippen molar-refractivity contribution >= 4 is 11.6 Å². The van der Waals surface area contributed by atoms with Gasteiger partial charge in [-0.15, -0.1) is 0 Å². The maximum absolute atomic E-state index is 4.45. The van der Waals surface area contributed by atoms with E-state index in [0.717, 1.165) is 35.7 Å². The molecule has 0 bridgehead atoms. The Morgan fingerprint density at radius 2 is 2.05 bits per heavy atom. The number of pyridine rings is 1. The molecular weight excluding hydrogens is 264 g/mol. The standard InChI is InChI=1S/C15H18N6/c1-11-12(2)19-15-17-10-18-21(15)14(11)20(3)9-7-13-6-4-5-8-16-13/h4-6,8,10H,7,9H2,1-3H3. The number of fused-ring (bicyclic) bond motifs is 1. The second kappa shape index (κ2) is 5.47.